The van der Waals surface area contributed by atoms with E-state index in [-0.39, 0.29) is 11.4 Å². The Morgan fingerprint density at radius 2 is 0.951 bits per heavy atom. The number of carbonyl (C=O) groups excluding carboxylic acids is 2. The largest absolute Gasteiger partial charge is 0.396 e. The number of carbonyl (C=O) groups is 1. The monoisotopic (exact) mass is 566 g/mol. The maximum Gasteiger partial charge on any atom is 0.170 e. The lowest BCUT2D eigenvalue weighted by Gasteiger charge is -2.03. The van der Waals surface area contributed by atoms with Crippen molar-refractivity contribution < 1.29 is 14.7 Å². The molecule has 0 aromatic carbocycles. The average molecular weight is 567 g/mol. The van der Waals surface area contributed by atoms with Crippen LogP contribution in [0.4, 0.5) is 0 Å². The van der Waals surface area contributed by atoms with Gasteiger partial charge in [-0.15, -0.1) is 0 Å². The molecule has 0 bridgehead atoms. The Hall–Kier alpha value is -2.22. The van der Waals surface area contributed by atoms with Gasteiger partial charge in [0.05, 0.1) is 5.57 Å². The highest BCUT2D eigenvalue weighted by molar-refractivity contribution is 6.02. The van der Waals surface area contributed by atoms with E-state index in [0.29, 0.717) is 19.4 Å². The van der Waals surface area contributed by atoms with Crippen molar-refractivity contribution in [1.29, 1.82) is 0 Å². The molecule has 0 amide bonds. The predicted octanol–water partition coefficient (Wildman–Crippen LogP) is 11.1. The van der Waals surface area contributed by atoms with Crippen LogP contribution in [0.3, 0.4) is 0 Å². The molecule has 3 heteroatoms. The summed E-state index contributed by atoms with van der Waals surface area (Å²) in [4.78, 5) is 23.6. The van der Waals surface area contributed by atoms with Crippen molar-refractivity contribution in [3.63, 3.8) is 0 Å². The van der Waals surface area contributed by atoms with Crippen LogP contribution < -0.4 is 0 Å². The lowest BCUT2D eigenvalue weighted by atomic mass is 10.0. The van der Waals surface area contributed by atoms with Crippen molar-refractivity contribution >= 4 is 11.7 Å². The zero-order valence-corrected chi connectivity index (χ0v) is 26.5. The first-order chi connectivity index (χ1) is 20.3. The molecule has 0 aliphatic carbocycles. The van der Waals surface area contributed by atoms with Gasteiger partial charge in [0.1, 0.15) is 5.94 Å². The molecule has 0 saturated carbocycles. The van der Waals surface area contributed by atoms with Crippen molar-refractivity contribution in [2.45, 2.75) is 155 Å². The molecule has 1 N–H and O–H groups in total. The van der Waals surface area contributed by atoms with Crippen LogP contribution in [0.2, 0.25) is 0 Å². The molecule has 0 aromatic rings. The molecule has 0 unspecified atom stereocenters. The van der Waals surface area contributed by atoms with Crippen LogP contribution in [-0.2, 0) is 9.59 Å². The minimum Gasteiger partial charge on any atom is -0.396 e. The normalized spacial score (nSPS) is 12.1. The van der Waals surface area contributed by atoms with E-state index in [1.165, 1.54) is 103 Å². The molecule has 0 atom stereocenters. The Bertz CT molecular complexity index is 777. The summed E-state index contributed by atoms with van der Waals surface area (Å²) in [6.45, 7) is 2.59. The molecule has 0 aliphatic rings. The Kier molecular flexibility index (Phi) is 32.1. The number of rotatable bonds is 30. The molecular weight excluding hydrogens is 504 g/mol. The van der Waals surface area contributed by atoms with Crippen molar-refractivity contribution in [1.82, 2.24) is 0 Å². The molecule has 3 nitrogen and oxygen atoms in total. The number of hydrogen-bond acceptors (Lipinski definition) is 3. The van der Waals surface area contributed by atoms with E-state index in [9.17, 15) is 9.59 Å². The van der Waals surface area contributed by atoms with E-state index in [4.69, 9.17) is 5.11 Å². The van der Waals surface area contributed by atoms with Crippen molar-refractivity contribution in [2.75, 3.05) is 6.61 Å². The molecular formula is C38H62O3. The fourth-order valence-corrected chi connectivity index (χ4v) is 4.75. The summed E-state index contributed by atoms with van der Waals surface area (Å²) in [5.74, 6) is 1.81. The van der Waals surface area contributed by atoms with Gasteiger partial charge in [-0.2, -0.15) is 0 Å². The summed E-state index contributed by atoms with van der Waals surface area (Å²) in [5, 5.41) is 8.76. The maximum atomic E-state index is 12.3. The molecule has 0 fully saturated rings. The molecule has 0 saturated heterocycles. The van der Waals surface area contributed by atoms with E-state index in [2.05, 4.69) is 19.1 Å². The third kappa shape index (κ3) is 30.6. The van der Waals surface area contributed by atoms with Gasteiger partial charge in [0, 0.05) is 19.4 Å². The third-order valence-electron chi connectivity index (χ3n) is 7.37. The molecule has 0 spiro atoms. The van der Waals surface area contributed by atoms with Gasteiger partial charge in [-0.1, -0.05) is 177 Å². The molecule has 0 aliphatic heterocycles. The summed E-state index contributed by atoms with van der Waals surface area (Å²) in [7, 11) is 0. The van der Waals surface area contributed by atoms with E-state index in [1.807, 2.05) is 54.5 Å². The van der Waals surface area contributed by atoms with E-state index in [0.717, 1.165) is 32.1 Å². The van der Waals surface area contributed by atoms with Crippen molar-refractivity contribution in [3.05, 3.63) is 66.3 Å². The zero-order valence-electron chi connectivity index (χ0n) is 26.5. The number of hydrogen-bond donors (Lipinski definition) is 1. The van der Waals surface area contributed by atoms with E-state index >= 15 is 0 Å². The SMILES string of the molecule is CCCCCCCCCCCCCCCC(=O)C(=C=O)C/C=C/C=C/C=C/C=C/C=CCCCCCCCCCO. The van der Waals surface area contributed by atoms with Gasteiger partial charge in [0.15, 0.2) is 5.78 Å². The van der Waals surface area contributed by atoms with Crippen molar-refractivity contribution in [3.8, 4) is 0 Å². The minimum absolute atomic E-state index is 0.0518. The standard InChI is InChI=1S/C38H62O3/c1-2-3-4-5-6-7-8-15-19-22-25-28-31-34-38(41)37(36-40)33-30-27-24-21-18-16-13-11-9-10-12-14-17-20-23-26-29-32-35-39/h9-11,13,16,18,21,24,27,30,39H,2-8,12,14-15,17,19-20,22-23,25-26,28-29,31-35H2,1H3/b10-9?,13-11+,18-16+,24-21+,30-27+. The van der Waals surface area contributed by atoms with Crippen molar-refractivity contribution in [2.24, 2.45) is 0 Å². The van der Waals surface area contributed by atoms with Crippen LogP contribution in [-0.4, -0.2) is 23.4 Å². The number of aliphatic hydroxyl groups excluding tert-OH is 1. The van der Waals surface area contributed by atoms with Gasteiger partial charge < -0.3 is 5.11 Å². The summed E-state index contributed by atoms with van der Waals surface area (Å²) >= 11 is 0. The number of aliphatic hydroxyl groups is 1. The molecule has 232 valence electrons. The van der Waals surface area contributed by atoms with Crippen LogP contribution in [0.15, 0.2) is 66.3 Å². The predicted molar refractivity (Wildman–Crippen MR) is 179 cm³/mol. The summed E-state index contributed by atoms with van der Waals surface area (Å²) < 4.78 is 0. The number of unbranched alkanes of at least 4 members (excludes halogenated alkanes) is 19. The first-order valence-electron chi connectivity index (χ1n) is 17.0. The van der Waals surface area contributed by atoms with Crippen LogP contribution in [0.5, 0.6) is 0 Å². The van der Waals surface area contributed by atoms with Crippen LogP contribution >= 0.6 is 0 Å². The smallest absolute Gasteiger partial charge is 0.170 e. The molecule has 0 aromatic heterocycles. The van der Waals surface area contributed by atoms with Gasteiger partial charge in [0.2, 0.25) is 0 Å². The Labute approximate surface area is 253 Å². The first kappa shape index (κ1) is 38.8. The zero-order chi connectivity index (χ0) is 29.9. The number of ketones is 1. The molecule has 0 radical (unpaired) electrons. The second-order valence-corrected chi connectivity index (χ2v) is 11.2. The van der Waals surface area contributed by atoms with E-state index < -0.39 is 0 Å². The first-order valence-corrected chi connectivity index (χ1v) is 17.0. The topological polar surface area (TPSA) is 54.4 Å². The number of Topliss-reactive ketones (excluding diaryl/α,β-unsaturated/α-hetero) is 1. The summed E-state index contributed by atoms with van der Waals surface area (Å²) in [5.41, 5.74) is 0.261. The van der Waals surface area contributed by atoms with Crippen LogP contribution in [0.1, 0.15) is 155 Å². The highest BCUT2D eigenvalue weighted by Gasteiger charge is 2.08. The summed E-state index contributed by atoms with van der Waals surface area (Å²) in [6.07, 6.45) is 46.9. The molecule has 0 heterocycles. The number of allylic oxidation sites excluding steroid dienone is 11. The Balaban J connectivity index is 3.76. The van der Waals surface area contributed by atoms with Gasteiger partial charge in [-0.25, -0.2) is 4.79 Å². The third-order valence-corrected chi connectivity index (χ3v) is 7.37. The molecule has 0 rings (SSSR count). The average Bonchev–Trinajstić information content (AvgIpc) is 2.98. The second kappa shape index (κ2) is 34.0. The quantitative estimate of drug-likeness (QED) is 0.0407. The minimum atomic E-state index is -0.0518. The van der Waals surface area contributed by atoms with Gasteiger partial charge in [-0.3, -0.25) is 4.79 Å². The van der Waals surface area contributed by atoms with Gasteiger partial charge >= 0.3 is 0 Å². The fraction of sp³-hybridized carbons (Fsp3) is 0.658. The summed E-state index contributed by atoms with van der Waals surface area (Å²) in [6, 6.07) is 0. The molecule has 41 heavy (non-hydrogen) atoms. The van der Waals surface area contributed by atoms with Gasteiger partial charge in [0.25, 0.3) is 0 Å². The van der Waals surface area contributed by atoms with Crippen LogP contribution in [0, 0.1) is 0 Å². The lowest BCUT2D eigenvalue weighted by molar-refractivity contribution is -0.115. The maximum absolute atomic E-state index is 12.3. The second-order valence-electron chi connectivity index (χ2n) is 11.2. The highest BCUT2D eigenvalue weighted by atomic mass is 16.2. The van der Waals surface area contributed by atoms with E-state index in [1.54, 1.807) is 0 Å². The Morgan fingerprint density at radius 3 is 1.44 bits per heavy atom. The lowest BCUT2D eigenvalue weighted by Crippen LogP contribution is -2.02. The van der Waals surface area contributed by atoms with Gasteiger partial charge in [-0.05, 0) is 25.7 Å². The highest BCUT2D eigenvalue weighted by Crippen LogP contribution is 2.14. The fourth-order valence-electron chi connectivity index (χ4n) is 4.75. The van der Waals surface area contributed by atoms with Crippen LogP contribution in [0.25, 0.3) is 0 Å². The Morgan fingerprint density at radius 1 is 0.537 bits per heavy atom.